The number of hydrogen-bond donors (Lipinski definition) is 1. The molecule has 0 fully saturated rings. The molecular weight excluding hydrogens is 250 g/mol. The second-order valence-electron chi connectivity index (χ2n) is 6.18. The highest BCUT2D eigenvalue weighted by molar-refractivity contribution is 7.12. The lowest BCUT2D eigenvalue weighted by molar-refractivity contribution is 0.603. The van der Waals surface area contributed by atoms with Gasteiger partial charge in [0.1, 0.15) is 0 Å². The number of hydrogen-bond acceptors (Lipinski definition) is 2. The monoisotopic (exact) mass is 273 g/mol. The quantitative estimate of drug-likeness (QED) is 0.850. The fourth-order valence-corrected chi connectivity index (χ4v) is 3.32. The van der Waals surface area contributed by atoms with Crippen LogP contribution in [0.5, 0.6) is 0 Å². The zero-order valence-electron chi connectivity index (χ0n) is 12.2. The highest BCUT2D eigenvalue weighted by Gasteiger charge is 2.21. The van der Waals surface area contributed by atoms with Gasteiger partial charge >= 0.3 is 0 Å². The van der Waals surface area contributed by atoms with Crippen molar-refractivity contribution in [3.8, 4) is 0 Å². The van der Waals surface area contributed by atoms with Crippen LogP contribution in [0.1, 0.15) is 55.0 Å². The van der Waals surface area contributed by atoms with Crippen molar-refractivity contribution in [3.63, 3.8) is 0 Å². The van der Waals surface area contributed by atoms with Crippen LogP contribution in [-0.4, -0.2) is 0 Å². The van der Waals surface area contributed by atoms with Gasteiger partial charge in [-0.2, -0.15) is 0 Å². The van der Waals surface area contributed by atoms with Crippen molar-refractivity contribution in [2.75, 3.05) is 0 Å². The lowest BCUT2D eigenvalue weighted by Crippen LogP contribution is -2.16. The largest absolute Gasteiger partial charge is 0.323 e. The summed E-state index contributed by atoms with van der Waals surface area (Å²) in [7, 11) is 0. The third kappa shape index (κ3) is 3.26. The molecule has 2 aromatic rings. The number of rotatable bonds is 3. The summed E-state index contributed by atoms with van der Waals surface area (Å²) in [5, 5.41) is 0. The molecule has 0 saturated carbocycles. The van der Waals surface area contributed by atoms with Gasteiger partial charge in [-0.25, -0.2) is 0 Å². The van der Waals surface area contributed by atoms with Gasteiger partial charge in [-0.3, -0.25) is 0 Å². The van der Waals surface area contributed by atoms with E-state index < -0.39 is 0 Å². The van der Waals surface area contributed by atoms with Crippen molar-refractivity contribution in [1.29, 1.82) is 0 Å². The first-order valence-electron chi connectivity index (χ1n) is 6.80. The molecule has 0 aliphatic heterocycles. The summed E-state index contributed by atoms with van der Waals surface area (Å²) < 4.78 is 0. The minimum Gasteiger partial charge on any atom is -0.323 e. The average molecular weight is 273 g/mol. The maximum absolute atomic E-state index is 6.44. The molecule has 1 heterocycles. The maximum atomic E-state index is 6.44. The van der Waals surface area contributed by atoms with Crippen molar-refractivity contribution in [2.45, 2.75) is 45.1 Å². The van der Waals surface area contributed by atoms with Crippen LogP contribution in [0.25, 0.3) is 0 Å². The first-order chi connectivity index (χ1) is 8.89. The van der Waals surface area contributed by atoms with Gasteiger partial charge in [0.15, 0.2) is 0 Å². The molecule has 0 amide bonds. The minimum atomic E-state index is 0.0727. The lowest BCUT2D eigenvalue weighted by Gasteiger charge is -2.20. The zero-order chi connectivity index (χ0) is 14.0. The van der Waals surface area contributed by atoms with Crippen molar-refractivity contribution < 1.29 is 0 Å². The topological polar surface area (TPSA) is 26.0 Å². The normalized spacial score (nSPS) is 15.2. The number of thiophene rings is 1. The smallest absolute Gasteiger partial charge is 0.0456 e. The molecule has 2 N–H and O–H groups in total. The summed E-state index contributed by atoms with van der Waals surface area (Å²) in [6, 6.07) is 15.0. The van der Waals surface area contributed by atoms with Gasteiger partial charge in [0.05, 0.1) is 0 Å². The van der Waals surface area contributed by atoms with Gasteiger partial charge in [-0.1, -0.05) is 58.0 Å². The molecule has 2 heteroatoms. The van der Waals surface area contributed by atoms with Crippen LogP contribution in [0.3, 0.4) is 0 Å². The molecule has 0 bridgehead atoms. The molecule has 2 atom stereocenters. The van der Waals surface area contributed by atoms with Gasteiger partial charge in [0.2, 0.25) is 0 Å². The molecule has 0 saturated heterocycles. The SMILES string of the molecule is CC(c1ccccc1)C(N)c1ccc(C(C)(C)C)s1. The highest BCUT2D eigenvalue weighted by Crippen LogP contribution is 2.36. The van der Waals surface area contributed by atoms with E-state index in [-0.39, 0.29) is 11.5 Å². The second kappa shape index (κ2) is 5.48. The Labute approximate surface area is 120 Å². The third-order valence-electron chi connectivity index (χ3n) is 3.56. The minimum absolute atomic E-state index is 0.0727. The Morgan fingerprint density at radius 2 is 1.63 bits per heavy atom. The van der Waals surface area contributed by atoms with Gasteiger partial charge in [0.25, 0.3) is 0 Å². The number of nitrogens with two attached hydrogens (primary N) is 1. The predicted octanol–water partition coefficient (Wildman–Crippen LogP) is 4.85. The van der Waals surface area contributed by atoms with Crippen LogP contribution < -0.4 is 5.73 Å². The summed E-state index contributed by atoms with van der Waals surface area (Å²) in [5.74, 6) is 0.340. The molecule has 0 aliphatic rings. The summed E-state index contributed by atoms with van der Waals surface area (Å²) >= 11 is 1.85. The van der Waals surface area contributed by atoms with Crippen LogP contribution in [0.4, 0.5) is 0 Å². The summed E-state index contributed by atoms with van der Waals surface area (Å²) in [4.78, 5) is 2.68. The third-order valence-corrected chi connectivity index (χ3v) is 5.17. The molecule has 2 unspecified atom stereocenters. The Hall–Kier alpha value is -1.12. The second-order valence-corrected chi connectivity index (χ2v) is 7.29. The molecule has 0 aliphatic carbocycles. The van der Waals surface area contributed by atoms with Crippen LogP contribution in [0, 0.1) is 0 Å². The van der Waals surface area contributed by atoms with E-state index >= 15 is 0 Å². The van der Waals surface area contributed by atoms with Crippen LogP contribution >= 0.6 is 11.3 Å². The highest BCUT2D eigenvalue weighted by atomic mass is 32.1. The molecule has 2 rings (SSSR count). The standard InChI is InChI=1S/C17H23NS/c1-12(13-8-6-5-7-9-13)16(18)14-10-11-15(19-14)17(2,3)4/h5-12,16H,18H2,1-4H3. The van der Waals surface area contributed by atoms with E-state index in [9.17, 15) is 0 Å². The molecule has 0 spiro atoms. The van der Waals surface area contributed by atoms with Gasteiger partial charge in [-0.15, -0.1) is 11.3 Å². The lowest BCUT2D eigenvalue weighted by atomic mass is 9.92. The van der Waals surface area contributed by atoms with E-state index in [4.69, 9.17) is 5.73 Å². The van der Waals surface area contributed by atoms with E-state index in [0.717, 1.165) is 0 Å². The molecule has 1 nitrogen and oxygen atoms in total. The molecular formula is C17H23NS. The Morgan fingerprint density at radius 1 is 1.00 bits per heavy atom. The Kier molecular flexibility index (Phi) is 4.12. The van der Waals surface area contributed by atoms with E-state index in [1.807, 2.05) is 17.4 Å². The van der Waals surface area contributed by atoms with Crippen LogP contribution in [0.2, 0.25) is 0 Å². The van der Waals surface area contributed by atoms with Crippen LogP contribution in [0.15, 0.2) is 42.5 Å². The molecule has 1 aromatic heterocycles. The first kappa shape index (κ1) is 14.3. The molecule has 1 aromatic carbocycles. The van der Waals surface area contributed by atoms with E-state index in [1.54, 1.807) is 0 Å². The van der Waals surface area contributed by atoms with Gasteiger partial charge in [0, 0.05) is 21.7 Å². The number of benzene rings is 1. The van der Waals surface area contributed by atoms with Crippen molar-refractivity contribution in [2.24, 2.45) is 5.73 Å². The predicted molar refractivity (Wildman–Crippen MR) is 84.8 cm³/mol. The van der Waals surface area contributed by atoms with Gasteiger partial charge in [-0.05, 0) is 23.1 Å². The summed E-state index contributed by atoms with van der Waals surface area (Å²) in [6.07, 6.45) is 0. The molecule has 19 heavy (non-hydrogen) atoms. The Morgan fingerprint density at radius 3 is 2.16 bits per heavy atom. The Bertz CT molecular complexity index is 522. The fourth-order valence-electron chi connectivity index (χ4n) is 2.15. The summed E-state index contributed by atoms with van der Waals surface area (Å²) in [6.45, 7) is 8.94. The fraction of sp³-hybridized carbons (Fsp3) is 0.412. The van der Waals surface area contributed by atoms with Crippen molar-refractivity contribution in [3.05, 3.63) is 57.8 Å². The average Bonchev–Trinajstić information content (AvgIpc) is 2.87. The molecule has 102 valence electrons. The van der Waals surface area contributed by atoms with Crippen molar-refractivity contribution >= 4 is 11.3 Å². The van der Waals surface area contributed by atoms with Crippen LogP contribution in [-0.2, 0) is 5.41 Å². The Balaban J connectivity index is 2.20. The summed E-state index contributed by atoms with van der Waals surface area (Å²) in [5.41, 5.74) is 7.95. The zero-order valence-corrected chi connectivity index (χ0v) is 13.0. The first-order valence-corrected chi connectivity index (χ1v) is 7.62. The van der Waals surface area contributed by atoms with E-state index in [2.05, 4.69) is 64.1 Å². The van der Waals surface area contributed by atoms with Gasteiger partial charge < -0.3 is 5.73 Å². The van der Waals surface area contributed by atoms with E-state index in [0.29, 0.717) is 5.92 Å². The van der Waals surface area contributed by atoms with Crippen molar-refractivity contribution in [1.82, 2.24) is 0 Å². The van der Waals surface area contributed by atoms with E-state index in [1.165, 1.54) is 15.3 Å². The molecule has 0 radical (unpaired) electrons. The maximum Gasteiger partial charge on any atom is 0.0456 e.